The van der Waals surface area contributed by atoms with Gasteiger partial charge in [-0.1, -0.05) is 79.8 Å². The molecular formula is C29H35NO2. The molecule has 0 amide bonds. The Labute approximate surface area is 192 Å². The Morgan fingerprint density at radius 1 is 1.06 bits per heavy atom. The molecule has 1 aliphatic rings. The highest BCUT2D eigenvalue weighted by Gasteiger charge is 2.14. The summed E-state index contributed by atoms with van der Waals surface area (Å²) in [7, 11) is 0. The second kappa shape index (κ2) is 12.9. The van der Waals surface area contributed by atoms with Crippen molar-refractivity contribution in [3.63, 3.8) is 0 Å². The molecule has 3 rings (SSSR count). The maximum Gasteiger partial charge on any atom is 0.181 e. The molecular weight excluding hydrogens is 394 g/mol. The monoisotopic (exact) mass is 429 g/mol. The number of benzene rings is 2. The summed E-state index contributed by atoms with van der Waals surface area (Å²) >= 11 is 0. The molecule has 0 aliphatic heterocycles. The zero-order valence-electron chi connectivity index (χ0n) is 19.2. The molecule has 1 aliphatic carbocycles. The van der Waals surface area contributed by atoms with Crippen molar-refractivity contribution in [2.75, 3.05) is 19.7 Å². The molecule has 2 aromatic carbocycles. The van der Waals surface area contributed by atoms with Crippen LogP contribution in [0.4, 0.5) is 0 Å². The Morgan fingerprint density at radius 3 is 2.66 bits per heavy atom. The Balaban J connectivity index is 1.60. The van der Waals surface area contributed by atoms with Crippen LogP contribution >= 0.6 is 0 Å². The highest BCUT2D eigenvalue weighted by Crippen LogP contribution is 2.29. The highest BCUT2D eigenvalue weighted by atomic mass is 16.3. The van der Waals surface area contributed by atoms with Gasteiger partial charge in [-0.3, -0.25) is 9.69 Å². The fraction of sp³-hybridized carbons (Fsp3) is 0.345. The number of unbranched alkanes of at least 4 members (excludes halogenated alkanes) is 1. The van der Waals surface area contributed by atoms with E-state index in [1.54, 1.807) is 6.08 Å². The zero-order chi connectivity index (χ0) is 22.6. The molecule has 0 aromatic heterocycles. The van der Waals surface area contributed by atoms with Gasteiger partial charge in [-0.15, -0.1) is 0 Å². The van der Waals surface area contributed by atoms with Crippen LogP contribution in [0, 0.1) is 0 Å². The third-order valence-electron chi connectivity index (χ3n) is 5.88. The van der Waals surface area contributed by atoms with Gasteiger partial charge in [-0.2, -0.15) is 0 Å². The molecule has 1 N–H and O–H groups in total. The number of ketones is 1. The molecule has 0 atom stereocenters. The molecule has 32 heavy (non-hydrogen) atoms. The molecule has 0 saturated heterocycles. The van der Waals surface area contributed by atoms with E-state index >= 15 is 0 Å². The molecule has 3 nitrogen and oxygen atoms in total. The number of aliphatic hydroxyl groups is 1. The SMILES string of the molecule is CC/C=C\CCCN(CCC1=CCc2ccccc21)Cc1ccc(/C=C/C(=O)CO)cc1. The van der Waals surface area contributed by atoms with Crippen LogP contribution < -0.4 is 0 Å². The van der Waals surface area contributed by atoms with Crippen molar-refractivity contribution in [2.45, 2.75) is 45.6 Å². The van der Waals surface area contributed by atoms with Crippen molar-refractivity contribution in [1.82, 2.24) is 4.90 Å². The quantitative estimate of drug-likeness (QED) is 0.247. The second-order valence-corrected chi connectivity index (χ2v) is 8.34. The van der Waals surface area contributed by atoms with Gasteiger partial charge in [0.25, 0.3) is 0 Å². The Hall–Kier alpha value is -2.75. The van der Waals surface area contributed by atoms with E-state index in [1.807, 2.05) is 12.1 Å². The van der Waals surface area contributed by atoms with Crippen molar-refractivity contribution < 1.29 is 9.90 Å². The lowest BCUT2D eigenvalue weighted by Crippen LogP contribution is -2.25. The molecule has 0 heterocycles. The smallest absolute Gasteiger partial charge is 0.181 e. The number of hydrogen-bond donors (Lipinski definition) is 1. The van der Waals surface area contributed by atoms with Crippen molar-refractivity contribution in [2.24, 2.45) is 0 Å². The summed E-state index contributed by atoms with van der Waals surface area (Å²) in [6.07, 6.45) is 15.6. The van der Waals surface area contributed by atoms with E-state index in [0.717, 1.165) is 57.3 Å². The summed E-state index contributed by atoms with van der Waals surface area (Å²) in [5.41, 5.74) is 6.60. The summed E-state index contributed by atoms with van der Waals surface area (Å²) in [6.45, 7) is 4.78. The zero-order valence-corrected chi connectivity index (χ0v) is 19.2. The normalized spacial score (nSPS) is 13.3. The summed E-state index contributed by atoms with van der Waals surface area (Å²) in [5, 5.41) is 8.84. The number of allylic oxidation sites excluding steroid dienone is 3. The Bertz CT molecular complexity index is 953. The summed E-state index contributed by atoms with van der Waals surface area (Å²) in [6, 6.07) is 17.1. The molecule has 0 unspecified atom stereocenters. The molecule has 3 heteroatoms. The van der Waals surface area contributed by atoms with Crippen LogP contribution in [0.3, 0.4) is 0 Å². The average molecular weight is 430 g/mol. The number of aliphatic hydroxyl groups excluding tert-OH is 1. The van der Waals surface area contributed by atoms with E-state index in [0.29, 0.717) is 0 Å². The van der Waals surface area contributed by atoms with Gasteiger partial charge in [0.05, 0.1) is 0 Å². The van der Waals surface area contributed by atoms with E-state index in [4.69, 9.17) is 5.11 Å². The van der Waals surface area contributed by atoms with E-state index in [2.05, 4.69) is 66.4 Å². The molecule has 2 aromatic rings. The van der Waals surface area contributed by atoms with Crippen molar-refractivity contribution >= 4 is 17.4 Å². The molecule has 0 spiro atoms. The summed E-state index contributed by atoms with van der Waals surface area (Å²) < 4.78 is 0. The fourth-order valence-electron chi connectivity index (χ4n) is 4.09. The maximum atomic E-state index is 11.3. The van der Waals surface area contributed by atoms with Gasteiger partial charge < -0.3 is 5.11 Å². The van der Waals surface area contributed by atoms with Crippen LogP contribution in [0.25, 0.3) is 11.6 Å². The molecule has 168 valence electrons. The van der Waals surface area contributed by atoms with Crippen LogP contribution in [0.2, 0.25) is 0 Å². The summed E-state index contributed by atoms with van der Waals surface area (Å²) in [5.74, 6) is -0.278. The third kappa shape index (κ3) is 7.44. The highest BCUT2D eigenvalue weighted by molar-refractivity contribution is 5.94. The topological polar surface area (TPSA) is 40.5 Å². The first-order valence-electron chi connectivity index (χ1n) is 11.7. The number of nitrogens with zero attached hydrogens (tertiary/aromatic N) is 1. The van der Waals surface area contributed by atoms with E-state index in [-0.39, 0.29) is 5.78 Å². The number of rotatable bonds is 13. The lowest BCUT2D eigenvalue weighted by Gasteiger charge is -2.23. The van der Waals surface area contributed by atoms with Gasteiger partial charge in [0.15, 0.2) is 5.78 Å². The van der Waals surface area contributed by atoms with Crippen molar-refractivity contribution in [3.05, 3.63) is 95.1 Å². The van der Waals surface area contributed by atoms with Crippen molar-refractivity contribution in [3.8, 4) is 0 Å². The van der Waals surface area contributed by atoms with Gasteiger partial charge >= 0.3 is 0 Å². The van der Waals surface area contributed by atoms with Crippen LogP contribution in [0.15, 0.2) is 72.8 Å². The maximum absolute atomic E-state index is 11.3. The standard InChI is InChI=1S/C29H35NO2/c1-2-3-4-5-8-20-30(21-19-27-17-16-26-9-6-7-10-29(26)27)22-25-13-11-24(12-14-25)15-18-28(32)23-31/h3-4,6-7,9-15,17-18,31H,2,5,8,16,19-23H2,1H3/b4-3-,18-15+. The van der Waals surface area contributed by atoms with Gasteiger partial charge in [-0.05, 0) is 72.6 Å². The Kier molecular flexibility index (Phi) is 9.67. The van der Waals surface area contributed by atoms with Gasteiger partial charge in [0.1, 0.15) is 6.61 Å². The van der Waals surface area contributed by atoms with Crippen LogP contribution in [-0.2, 0) is 17.8 Å². The van der Waals surface area contributed by atoms with E-state index in [9.17, 15) is 4.79 Å². The van der Waals surface area contributed by atoms with Gasteiger partial charge in [0.2, 0.25) is 0 Å². The molecule has 0 saturated carbocycles. The number of hydrogen-bond acceptors (Lipinski definition) is 3. The number of carbonyl (C=O) groups is 1. The largest absolute Gasteiger partial charge is 0.388 e. The fourth-order valence-corrected chi connectivity index (χ4v) is 4.09. The lowest BCUT2D eigenvalue weighted by atomic mass is 10.0. The number of fused-ring (bicyclic) bond motifs is 1. The van der Waals surface area contributed by atoms with Crippen LogP contribution in [0.1, 0.15) is 54.9 Å². The lowest BCUT2D eigenvalue weighted by molar-refractivity contribution is -0.117. The van der Waals surface area contributed by atoms with Crippen LogP contribution in [0.5, 0.6) is 0 Å². The van der Waals surface area contributed by atoms with Gasteiger partial charge in [-0.25, -0.2) is 0 Å². The molecule has 0 radical (unpaired) electrons. The predicted molar refractivity (Wildman–Crippen MR) is 134 cm³/mol. The van der Waals surface area contributed by atoms with E-state index < -0.39 is 6.61 Å². The molecule has 0 bridgehead atoms. The first-order chi connectivity index (χ1) is 15.7. The summed E-state index contributed by atoms with van der Waals surface area (Å²) in [4.78, 5) is 13.8. The van der Waals surface area contributed by atoms with E-state index in [1.165, 1.54) is 28.3 Å². The van der Waals surface area contributed by atoms with Gasteiger partial charge in [0, 0.05) is 13.1 Å². The first kappa shape index (κ1) is 23.9. The van der Waals surface area contributed by atoms with Crippen molar-refractivity contribution in [1.29, 1.82) is 0 Å². The first-order valence-corrected chi connectivity index (χ1v) is 11.7. The minimum absolute atomic E-state index is 0.278. The predicted octanol–water partition coefficient (Wildman–Crippen LogP) is 5.84. The third-order valence-corrected chi connectivity index (χ3v) is 5.88. The Morgan fingerprint density at radius 2 is 1.88 bits per heavy atom. The van der Waals surface area contributed by atoms with Crippen LogP contribution in [-0.4, -0.2) is 35.5 Å². The average Bonchev–Trinajstić information content (AvgIpc) is 3.24. The minimum Gasteiger partial charge on any atom is -0.388 e. The number of carbonyl (C=O) groups excluding carboxylic acids is 1. The molecule has 0 fully saturated rings. The second-order valence-electron chi connectivity index (χ2n) is 8.34. The minimum atomic E-state index is -0.447.